The molecule has 0 aliphatic carbocycles. The van der Waals surface area contributed by atoms with Gasteiger partial charge in [0.15, 0.2) is 0 Å². The van der Waals surface area contributed by atoms with E-state index in [0.29, 0.717) is 16.4 Å². The maximum absolute atomic E-state index is 12.3. The molecule has 0 bridgehead atoms. The van der Waals surface area contributed by atoms with Gasteiger partial charge in [-0.25, -0.2) is 0 Å². The summed E-state index contributed by atoms with van der Waals surface area (Å²) < 4.78 is 5.07. The van der Waals surface area contributed by atoms with E-state index in [0.717, 1.165) is 11.3 Å². The van der Waals surface area contributed by atoms with Gasteiger partial charge in [-0.3, -0.25) is 9.59 Å². The summed E-state index contributed by atoms with van der Waals surface area (Å²) in [4.78, 5) is 24.3. The summed E-state index contributed by atoms with van der Waals surface area (Å²) in [5.74, 6) is 0.560. The third-order valence-corrected chi connectivity index (χ3v) is 5.04. The number of benzene rings is 2. The molecule has 0 aliphatic rings. The minimum absolute atomic E-state index is 0.168. The van der Waals surface area contributed by atoms with E-state index in [4.69, 9.17) is 16.3 Å². The standard InChI is InChI=1S/C19H21ClN2O3S/c1-12-4-5-14(20)10-17(12)22-19(24)13(2)26-11-18(23)21-15-6-8-16(25-3)9-7-15/h4-10,13H,11H2,1-3H3,(H,21,23)(H,22,24)/t13-/m0/s1. The molecule has 2 aromatic rings. The number of ether oxygens (including phenoxy) is 1. The highest BCUT2D eigenvalue weighted by atomic mass is 35.5. The Hall–Kier alpha value is -2.18. The number of amides is 2. The predicted octanol–water partition coefficient (Wildman–Crippen LogP) is 4.36. The minimum Gasteiger partial charge on any atom is -0.497 e. The maximum atomic E-state index is 12.3. The lowest BCUT2D eigenvalue weighted by molar-refractivity contribution is -0.115. The normalized spacial score (nSPS) is 11.5. The smallest absolute Gasteiger partial charge is 0.237 e. The molecule has 2 N–H and O–H groups in total. The van der Waals surface area contributed by atoms with Crippen LogP contribution in [0.4, 0.5) is 11.4 Å². The summed E-state index contributed by atoms with van der Waals surface area (Å²) in [5, 5.41) is 5.82. The van der Waals surface area contributed by atoms with Gasteiger partial charge < -0.3 is 15.4 Å². The molecule has 2 amide bonds. The van der Waals surface area contributed by atoms with Crippen molar-refractivity contribution in [3.05, 3.63) is 53.1 Å². The average Bonchev–Trinajstić information content (AvgIpc) is 2.63. The van der Waals surface area contributed by atoms with Gasteiger partial charge in [-0.15, -0.1) is 11.8 Å². The predicted molar refractivity (Wildman–Crippen MR) is 108 cm³/mol. The number of anilines is 2. The first-order chi connectivity index (χ1) is 12.4. The van der Waals surface area contributed by atoms with Crippen LogP contribution in [0.2, 0.25) is 5.02 Å². The third kappa shape index (κ3) is 5.97. The van der Waals surface area contributed by atoms with Crippen molar-refractivity contribution in [2.24, 2.45) is 0 Å². The summed E-state index contributed by atoms with van der Waals surface area (Å²) in [6.07, 6.45) is 0. The second kappa shape index (κ2) is 9.50. The van der Waals surface area contributed by atoms with Crippen LogP contribution in [0.5, 0.6) is 5.75 Å². The first kappa shape index (κ1) is 20.1. The molecule has 5 nitrogen and oxygen atoms in total. The lowest BCUT2D eigenvalue weighted by Crippen LogP contribution is -2.25. The SMILES string of the molecule is COc1ccc(NC(=O)CS[C@@H](C)C(=O)Nc2cc(Cl)ccc2C)cc1. The van der Waals surface area contributed by atoms with Crippen LogP contribution in [-0.4, -0.2) is 29.9 Å². The fraction of sp³-hybridized carbons (Fsp3) is 0.263. The Bertz CT molecular complexity index is 781. The van der Waals surface area contributed by atoms with E-state index >= 15 is 0 Å². The lowest BCUT2D eigenvalue weighted by atomic mass is 10.2. The summed E-state index contributed by atoms with van der Waals surface area (Å²) in [6, 6.07) is 12.4. The van der Waals surface area contributed by atoms with Crippen LogP contribution >= 0.6 is 23.4 Å². The zero-order chi connectivity index (χ0) is 19.1. The van der Waals surface area contributed by atoms with Gasteiger partial charge in [0.2, 0.25) is 11.8 Å². The summed E-state index contributed by atoms with van der Waals surface area (Å²) in [7, 11) is 1.58. The highest BCUT2D eigenvalue weighted by Crippen LogP contribution is 2.22. The van der Waals surface area contributed by atoms with Crippen LogP contribution in [0.3, 0.4) is 0 Å². The molecule has 0 fully saturated rings. The second-order valence-electron chi connectivity index (χ2n) is 5.68. The van der Waals surface area contributed by atoms with E-state index in [1.54, 1.807) is 50.4 Å². The number of carbonyl (C=O) groups is 2. The van der Waals surface area contributed by atoms with E-state index in [2.05, 4.69) is 10.6 Å². The summed E-state index contributed by atoms with van der Waals surface area (Å²) in [6.45, 7) is 3.66. The molecule has 0 spiro atoms. The fourth-order valence-electron chi connectivity index (χ4n) is 2.11. The lowest BCUT2D eigenvalue weighted by Gasteiger charge is -2.14. The van der Waals surface area contributed by atoms with Crippen molar-refractivity contribution in [3.63, 3.8) is 0 Å². The number of hydrogen-bond acceptors (Lipinski definition) is 4. The van der Waals surface area contributed by atoms with Gasteiger partial charge in [0.05, 0.1) is 18.1 Å². The Morgan fingerprint density at radius 3 is 2.50 bits per heavy atom. The van der Waals surface area contributed by atoms with E-state index in [1.165, 1.54) is 11.8 Å². The molecule has 138 valence electrons. The molecule has 0 saturated carbocycles. The molecular weight excluding hydrogens is 372 g/mol. The fourth-order valence-corrected chi connectivity index (χ4v) is 2.97. The van der Waals surface area contributed by atoms with Crippen molar-refractivity contribution in [2.75, 3.05) is 23.5 Å². The van der Waals surface area contributed by atoms with Gasteiger partial charge in [-0.2, -0.15) is 0 Å². The molecule has 0 aliphatic heterocycles. The van der Waals surface area contributed by atoms with Gasteiger partial charge in [0.25, 0.3) is 0 Å². The number of rotatable bonds is 7. The quantitative estimate of drug-likeness (QED) is 0.734. The van der Waals surface area contributed by atoms with Crippen molar-refractivity contribution >= 4 is 46.6 Å². The molecule has 0 aromatic heterocycles. The number of aryl methyl sites for hydroxylation is 1. The highest BCUT2D eigenvalue weighted by molar-refractivity contribution is 8.01. The number of halogens is 1. The Balaban J connectivity index is 1.82. The third-order valence-electron chi connectivity index (χ3n) is 3.66. The van der Waals surface area contributed by atoms with Gasteiger partial charge >= 0.3 is 0 Å². The van der Waals surface area contributed by atoms with Crippen LogP contribution < -0.4 is 15.4 Å². The highest BCUT2D eigenvalue weighted by Gasteiger charge is 2.16. The average molecular weight is 393 g/mol. The molecule has 26 heavy (non-hydrogen) atoms. The molecule has 1 atom stereocenters. The second-order valence-corrected chi connectivity index (χ2v) is 7.44. The molecule has 7 heteroatoms. The van der Waals surface area contributed by atoms with Gasteiger partial charge in [0.1, 0.15) is 5.75 Å². The molecular formula is C19H21ClN2O3S. The maximum Gasteiger partial charge on any atom is 0.237 e. The Kier molecular flexibility index (Phi) is 7.36. The Labute approximate surface area is 162 Å². The van der Waals surface area contributed by atoms with E-state index in [1.807, 2.05) is 13.0 Å². The van der Waals surface area contributed by atoms with Crippen LogP contribution in [-0.2, 0) is 9.59 Å². The molecule has 0 saturated heterocycles. The number of nitrogens with one attached hydrogen (secondary N) is 2. The van der Waals surface area contributed by atoms with E-state index in [9.17, 15) is 9.59 Å². The van der Waals surface area contributed by atoms with Crippen LogP contribution in [0.25, 0.3) is 0 Å². The minimum atomic E-state index is -0.380. The number of methoxy groups -OCH3 is 1. The van der Waals surface area contributed by atoms with Crippen molar-refractivity contribution < 1.29 is 14.3 Å². The molecule has 0 radical (unpaired) electrons. The van der Waals surface area contributed by atoms with Crippen molar-refractivity contribution in [2.45, 2.75) is 19.1 Å². The van der Waals surface area contributed by atoms with Crippen molar-refractivity contribution in [1.82, 2.24) is 0 Å². The monoisotopic (exact) mass is 392 g/mol. The van der Waals surface area contributed by atoms with Crippen LogP contribution in [0, 0.1) is 6.92 Å². The molecule has 2 aromatic carbocycles. The first-order valence-corrected chi connectivity index (χ1v) is 9.44. The van der Waals surface area contributed by atoms with E-state index < -0.39 is 0 Å². The first-order valence-electron chi connectivity index (χ1n) is 8.01. The van der Waals surface area contributed by atoms with Gasteiger partial charge in [0, 0.05) is 16.4 Å². The number of carbonyl (C=O) groups excluding carboxylic acids is 2. The van der Waals surface area contributed by atoms with Crippen molar-refractivity contribution in [1.29, 1.82) is 0 Å². The van der Waals surface area contributed by atoms with Crippen LogP contribution in [0.15, 0.2) is 42.5 Å². The van der Waals surface area contributed by atoms with Crippen LogP contribution in [0.1, 0.15) is 12.5 Å². The molecule has 0 heterocycles. The Morgan fingerprint density at radius 1 is 1.15 bits per heavy atom. The topological polar surface area (TPSA) is 67.4 Å². The summed E-state index contributed by atoms with van der Waals surface area (Å²) in [5.41, 5.74) is 2.29. The number of hydrogen-bond donors (Lipinski definition) is 2. The Morgan fingerprint density at radius 2 is 1.85 bits per heavy atom. The van der Waals surface area contributed by atoms with Gasteiger partial charge in [-0.05, 0) is 55.8 Å². The van der Waals surface area contributed by atoms with Gasteiger partial charge in [-0.1, -0.05) is 17.7 Å². The summed E-state index contributed by atoms with van der Waals surface area (Å²) >= 11 is 7.23. The largest absolute Gasteiger partial charge is 0.497 e. The van der Waals surface area contributed by atoms with Crippen molar-refractivity contribution in [3.8, 4) is 5.75 Å². The van der Waals surface area contributed by atoms with E-state index in [-0.39, 0.29) is 22.8 Å². The zero-order valence-electron chi connectivity index (χ0n) is 14.8. The molecule has 0 unspecified atom stereocenters. The zero-order valence-corrected chi connectivity index (χ0v) is 16.4. The molecule has 2 rings (SSSR count). The number of thioether (sulfide) groups is 1.